The number of carboxylic acid groups (broad SMARTS) is 1. The van der Waals surface area contributed by atoms with Crippen molar-refractivity contribution in [3.05, 3.63) is 75.8 Å². The van der Waals surface area contributed by atoms with Gasteiger partial charge in [-0.05, 0) is 23.3 Å². The highest BCUT2D eigenvalue weighted by molar-refractivity contribution is 6.34. The third-order valence-corrected chi connectivity index (χ3v) is 3.63. The second kappa shape index (κ2) is 8.52. The fourth-order valence-electron chi connectivity index (χ4n) is 2.25. The molecule has 1 N–H and O–H groups in total. The van der Waals surface area contributed by atoms with Crippen molar-refractivity contribution in [3.63, 3.8) is 0 Å². The number of benzene rings is 2. The van der Waals surface area contributed by atoms with Crippen LogP contribution in [0.3, 0.4) is 0 Å². The summed E-state index contributed by atoms with van der Waals surface area (Å²) in [4.78, 5) is 45.2. The van der Waals surface area contributed by atoms with Gasteiger partial charge in [-0.1, -0.05) is 30.3 Å². The number of nitro groups is 1. The van der Waals surface area contributed by atoms with Crippen LogP contribution in [-0.4, -0.2) is 27.8 Å². The predicted molar refractivity (Wildman–Crippen MR) is 89.3 cm³/mol. The van der Waals surface area contributed by atoms with Gasteiger partial charge in [-0.3, -0.25) is 19.7 Å². The molecule has 0 aliphatic heterocycles. The lowest BCUT2D eigenvalue weighted by Gasteiger charge is -2.11. The van der Waals surface area contributed by atoms with Crippen molar-refractivity contribution in [3.8, 4) is 0 Å². The molecule has 1 atom stereocenters. The Morgan fingerprint density at radius 2 is 1.65 bits per heavy atom. The summed E-state index contributed by atoms with van der Waals surface area (Å²) in [7, 11) is 0. The Labute approximate surface area is 148 Å². The van der Waals surface area contributed by atoms with E-state index in [9.17, 15) is 29.6 Å². The molecule has 8 nitrogen and oxygen atoms in total. The summed E-state index contributed by atoms with van der Waals surface area (Å²) in [5, 5.41) is 19.8. The largest absolute Gasteiger partial charge is 0.481 e. The van der Waals surface area contributed by atoms with Gasteiger partial charge in [0.25, 0.3) is 5.69 Å². The molecule has 0 aliphatic carbocycles. The van der Waals surface area contributed by atoms with E-state index in [2.05, 4.69) is 0 Å². The molecule has 2 rings (SSSR count). The normalized spacial score (nSPS) is 11.4. The number of esters is 1. The average Bonchev–Trinajstić information content (AvgIpc) is 2.64. The number of carboxylic acids is 1. The van der Waals surface area contributed by atoms with Crippen LogP contribution in [0.1, 0.15) is 23.5 Å². The van der Waals surface area contributed by atoms with E-state index < -0.39 is 35.0 Å². The third kappa shape index (κ3) is 4.97. The second-order valence-corrected chi connectivity index (χ2v) is 5.43. The molecule has 0 spiro atoms. The molecule has 0 saturated heterocycles. The fourth-order valence-corrected chi connectivity index (χ4v) is 2.25. The zero-order valence-corrected chi connectivity index (χ0v) is 13.5. The lowest BCUT2D eigenvalue weighted by molar-refractivity contribution is -0.384. The number of non-ortho nitro benzene ring substituents is 1. The number of nitro benzene ring substituents is 1. The molecule has 2 aromatic rings. The van der Waals surface area contributed by atoms with Crippen LogP contribution in [0.4, 0.5) is 5.69 Å². The fraction of sp³-hybridized carbons (Fsp3) is 0.167. The molecule has 0 saturated carbocycles. The summed E-state index contributed by atoms with van der Waals surface area (Å²) in [6.07, 6.45) is -0.515. The molecule has 0 bridgehead atoms. The van der Waals surface area contributed by atoms with Gasteiger partial charge < -0.3 is 9.84 Å². The number of carbonyl (C=O) groups is 3. The Bertz CT molecular complexity index is 815. The van der Waals surface area contributed by atoms with Crippen LogP contribution in [0.2, 0.25) is 0 Å². The number of rotatable bonds is 8. The minimum absolute atomic E-state index is 0.108. The van der Waals surface area contributed by atoms with E-state index in [1.54, 1.807) is 30.3 Å². The Morgan fingerprint density at radius 3 is 2.19 bits per heavy atom. The minimum Gasteiger partial charge on any atom is -0.481 e. The lowest BCUT2D eigenvalue weighted by atomic mass is 9.94. The van der Waals surface area contributed by atoms with Crippen LogP contribution in [0, 0.1) is 10.1 Å². The number of ether oxygens (including phenoxy) is 1. The molecule has 0 heterocycles. The van der Waals surface area contributed by atoms with Crippen molar-refractivity contribution in [2.24, 2.45) is 0 Å². The highest BCUT2D eigenvalue weighted by Crippen LogP contribution is 2.20. The predicted octanol–water partition coefficient (Wildman–Crippen LogP) is 2.47. The first kappa shape index (κ1) is 18.8. The van der Waals surface area contributed by atoms with Gasteiger partial charge in [0.1, 0.15) is 6.61 Å². The molecule has 0 fully saturated rings. The lowest BCUT2D eigenvalue weighted by Crippen LogP contribution is -2.23. The topological polar surface area (TPSA) is 124 Å². The first-order valence-corrected chi connectivity index (χ1v) is 7.59. The number of carbonyl (C=O) groups excluding carboxylic acids is 2. The maximum atomic E-state index is 12.0. The number of aliphatic carboxylic acids is 1. The molecule has 0 radical (unpaired) electrons. The van der Waals surface area contributed by atoms with Gasteiger partial charge >= 0.3 is 11.9 Å². The van der Waals surface area contributed by atoms with E-state index >= 15 is 0 Å². The smallest absolute Gasteiger partial charge is 0.374 e. The first-order chi connectivity index (χ1) is 12.4. The van der Waals surface area contributed by atoms with Crippen molar-refractivity contribution in [1.29, 1.82) is 0 Å². The van der Waals surface area contributed by atoms with Crippen molar-refractivity contribution in [2.45, 2.75) is 18.9 Å². The zero-order chi connectivity index (χ0) is 19.1. The second-order valence-electron chi connectivity index (χ2n) is 5.43. The van der Waals surface area contributed by atoms with E-state index in [4.69, 9.17) is 4.74 Å². The summed E-state index contributed by atoms with van der Waals surface area (Å²) in [6.45, 7) is -0.244. The number of ketones is 1. The summed E-state index contributed by atoms with van der Waals surface area (Å²) < 4.78 is 4.86. The van der Waals surface area contributed by atoms with E-state index in [-0.39, 0.29) is 12.3 Å². The Kier molecular flexibility index (Phi) is 6.15. The molecule has 0 aliphatic rings. The number of Topliss-reactive ketones (excluding diaryl/α,β-unsaturated/α-hetero) is 1. The average molecular weight is 357 g/mol. The van der Waals surface area contributed by atoms with Gasteiger partial charge in [0.05, 0.1) is 10.8 Å². The van der Waals surface area contributed by atoms with Gasteiger partial charge in [-0.2, -0.15) is 0 Å². The molecule has 134 valence electrons. The standard InChI is InChI=1S/C18H15NO7/c20-16(10-15(17(21)22)13-4-2-1-3-5-13)18(23)26-11-12-6-8-14(9-7-12)19(24)25/h1-9,15H,10-11H2,(H,21,22). The Hall–Kier alpha value is -3.55. The van der Waals surface area contributed by atoms with Gasteiger partial charge in [-0.25, -0.2) is 4.79 Å². The molecule has 0 aromatic heterocycles. The summed E-state index contributed by atoms with van der Waals surface area (Å²) in [5.41, 5.74) is 0.773. The van der Waals surface area contributed by atoms with E-state index in [0.29, 0.717) is 11.1 Å². The first-order valence-electron chi connectivity index (χ1n) is 7.59. The molecule has 26 heavy (non-hydrogen) atoms. The van der Waals surface area contributed by atoms with Crippen molar-refractivity contribution in [1.82, 2.24) is 0 Å². The van der Waals surface area contributed by atoms with Crippen LogP contribution in [0.5, 0.6) is 0 Å². The van der Waals surface area contributed by atoms with Gasteiger partial charge in [0.2, 0.25) is 5.78 Å². The SMILES string of the molecule is O=C(CC(C(=O)O)c1ccccc1)C(=O)OCc1ccc([N+](=O)[O-])cc1. The van der Waals surface area contributed by atoms with Crippen LogP contribution in [-0.2, 0) is 25.7 Å². The van der Waals surface area contributed by atoms with E-state index in [0.717, 1.165) is 0 Å². The Balaban J connectivity index is 1.95. The monoisotopic (exact) mass is 357 g/mol. The number of hydrogen-bond acceptors (Lipinski definition) is 6. The van der Waals surface area contributed by atoms with Gasteiger partial charge in [0.15, 0.2) is 0 Å². The maximum Gasteiger partial charge on any atom is 0.374 e. The molecule has 2 aromatic carbocycles. The van der Waals surface area contributed by atoms with Gasteiger partial charge in [-0.15, -0.1) is 0 Å². The molecular formula is C18H15NO7. The number of nitrogens with zero attached hydrogens (tertiary/aromatic N) is 1. The molecule has 8 heteroatoms. The van der Waals surface area contributed by atoms with Gasteiger partial charge in [0, 0.05) is 18.6 Å². The van der Waals surface area contributed by atoms with Crippen LogP contribution < -0.4 is 0 Å². The molecular weight excluding hydrogens is 342 g/mol. The zero-order valence-electron chi connectivity index (χ0n) is 13.5. The third-order valence-electron chi connectivity index (χ3n) is 3.63. The van der Waals surface area contributed by atoms with E-state index in [1.807, 2.05) is 0 Å². The minimum atomic E-state index is -1.22. The maximum absolute atomic E-state index is 12.0. The van der Waals surface area contributed by atoms with Crippen molar-refractivity contribution < 1.29 is 29.2 Å². The Morgan fingerprint density at radius 1 is 1.04 bits per heavy atom. The molecule has 0 amide bonds. The highest BCUT2D eigenvalue weighted by Gasteiger charge is 2.27. The van der Waals surface area contributed by atoms with Crippen molar-refractivity contribution >= 4 is 23.4 Å². The van der Waals surface area contributed by atoms with E-state index in [1.165, 1.54) is 24.3 Å². The van der Waals surface area contributed by atoms with Crippen LogP contribution >= 0.6 is 0 Å². The highest BCUT2D eigenvalue weighted by atomic mass is 16.6. The van der Waals surface area contributed by atoms with Crippen molar-refractivity contribution in [2.75, 3.05) is 0 Å². The molecule has 1 unspecified atom stereocenters. The summed E-state index contributed by atoms with van der Waals surface area (Å²) in [6, 6.07) is 13.4. The summed E-state index contributed by atoms with van der Waals surface area (Å²) >= 11 is 0. The quantitative estimate of drug-likeness (QED) is 0.333. The summed E-state index contributed by atoms with van der Waals surface area (Å²) in [5.74, 6) is -4.46. The number of hydrogen-bond donors (Lipinski definition) is 1. The van der Waals surface area contributed by atoms with Crippen LogP contribution in [0.25, 0.3) is 0 Å². The van der Waals surface area contributed by atoms with Crippen LogP contribution in [0.15, 0.2) is 54.6 Å².